The molecule has 3 nitrogen and oxygen atoms in total. The molecular weight excluding hydrogens is 234 g/mol. The lowest BCUT2D eigenvalue weighted by Gasteiger charge is -2.09. The van der Waals surface area contributed by atoms with Crippen LogP contribution in [0.5, 0.6) is 0 Å². The number of aliphatic hydroxyl groups is 1. The van der Waals surface area contributed by atoms with Crippen molar-refractivity contribution in [3.05, 3.63) is 35.4 Å². The monoisotopic (exact) mass is 253 g/mol. The first kappa shape index (κ1) is 14.1. The molecule has 0 aliphatic rings. The summed E-state index contributed by atoms with van der Waals surface area (Å²) >= 11 is 1.81. The molecular formula is C13H19NO2S. The zero-order valence-corrected chi connectivity index (χ0v) is 11.1. The Kier molecular flexibility index (Phi) is 6.08. The van der Waals surface area contributed by atoms with Gasteiger partial charge in [0.05, 0.1) is 0 Å². The molecule has 1 aromatic rings. The van der Waals surface area contributed by atoms with Gasteiger partial charge in [-0.05, 0) is 24.1 Å². The number of nitrogens with one attached hydrogen (secondary N) is 1. The second-order valence-electron chi connectivity index (χ2n) is 3.91. The van der Waals surface area contributed by atoms with Crippen LogP contribution in [0.3, 0.4) is 0 Å². The summed E-state index contributed by atoms with van der Waals surface area (Å²) in [6.45, 7) is 2.35. The molecule has 2 N–H and O–H groups in total. The summed E-state index contributed by atoms with van der Waals surface area (Å²) in [6.07, 6.45) is 0.820. The summed E-state index contributed by atoms with van der Waals surface area (Å²) in [7, 11) is 1.63. The minimum Gasteiger partial charge on any atom is -0.396 e. The molecule has 1 aromatic carbocycles. The van der Waals surface area contributed by atoms with Crippen LogP contribution in [-0.2, 0) is 5.75 Å². The van der Waals surface area contributed by atoms with E-state index in [0.717, 1.165) is 12.2 Å². The van der Waals surface area contributed by atoms with Gasteiger partial charge in [0.25, 0.3) is 5.91 Å². The van der Waals surface area contributed by atoms with Gasteiger partial charge < -0.3 is 10.4 Å². The van der Waals surface area contributed by atoms with Crippen LogP contribution < -0.4 is 5.32 Å². The Morgan fingerprint density at radius 2 is 2.06 bits per heavy atom. The van der Waals surface area contributed by atoms with Gasteiger partial charge in [-0.1, -0.05) is 19.1 Å². The molecule has 0 saturated carbocycles. The third-order valence-corrected chi connectivity index (χ3v) is 3.82. The summed E-state index contributed by atoms with van der Waals surface area (Å²) in [5, 5.41) is 11.9. The third kappa shape index (κ3) is 4.79. The lowest BCUT2D eigenvalue weighted by molar-refractivity contribution is 0.0963. The zero-order valence-electron chi connectivity index (χ0n) is 10.3. The van der Waals surface area contributed by atoms with Crippen LogP contribution >= 0.6 is 11.8 Å². The maximum absolute atomic E-state index is 11.3. The first-order chi connectivity index (χ1) is 8.17. The number of hydrogen-bond donors (Lipinski definition) is 2. The highest BCUT2D eigenvalue weighted by Crippen LogP contribution is 2.19. The van der Waals surface area contributed by atoms with Crippen molar-refractivity contribution in [2.45, 2.75) is 24.3 Å². The van der Waals surface area contributed by atoms with Crippen molar-refractivity contribution in [3.8, 4) is 0 Å². The van der Waals surface area contributed by atoms with E-state index in [-0.39, 0.29) is 12.5 Å². The Bertz CT molecular complexity index is 351. The van der Waals surface area contributed by atoms with Gasteiger partial charge in [-0.2, -0.15) is 11.8 Å². The first-order valence-electron chi connectivity index (χ1n) is 5.71. The second kappa shape index (κ2) is 7.35. The van der Waals surface area contributed by atoms with Gasteiger partial charge in [0.2, 0.25) is 0 Å². The van der Waals surface area contributed by atoms with Crippen molar-refractivity contribution in [1.82, 2.24) is 5.32 Å². The molecule has 0 aliphatic heterocycles. The summed E-state index contributed by atoms with van der Waals surface area (Å²) in [4.78, 5) is 11.3. The SMILES string of the molecule is CNC(=O)c1ccc(CSC(C)CCO)cc1. The fourth-order valence-corrected chi connectivity index (χ4v) is 2.34. The lowest BCUT2D eigenvalue weighted by atomic mass is 10.1. The predicted molar refractivity (Wildman–Crippen MR) is 72.3 cm³/mol. The number of hydrogen-bond acceptors (Lipinski definition) is 3. The van der Waals surface area contributed by atoms with Crippen LogP contribution in [0, 0.1) is 0 Å². The Morgan fingerprint density at radius 3 is 2.59 bits per heavy atom. The molecule has 1 unspecified atom stereocenters. The van der Waals surface area contributed by atoms with E-state index < -0.39 is 0 Å². The molecule has 94 valence electrons. The minimum absolute atomic E-state index is 0.0575. The summed E-state index contributed by atoms with van der Waals surface area (Å²) in [6, 6.07) is 7.63. The highest BCUT2D eigenvalue weighted by molar-refractivity contribution is 7.99. The normalized spacial score (nSPS) is 12.2. The van der Waals surface area contributed by atoms with Crippen LogP contribution in [0.4, 0.5) is 0 Å². The van der Waals surface area contributed by atoms with Gasteiger partial charge in [0.15, 0.2) is 0 Å². The van der Waals surface area contributed by atoms with E-state index >= 15 is 0 Å². The maximum Gasteiger partial charge on any atom is 0.251 e. The van der Waals surface area contributed by atoms with E-state index in [9.17, 15) is 4.79 Å². The molecule has 0 bridgehead atoms. The van der Waals surface area contributed by atoms with Gasteiger partial charge in [-0.25, -0.2) is 0 Å². The number of thioether (sulfide) groups is 1. The average Bonchev–Trinajstić information content (AvgIpc) is 2.36. The van der Waals surface area contributed by atoms with E-state index in [1.165, 1.54) is 5.56 Å². The topological polar surface area (TPSA) is 49.3 Å². The van der Waals surface area contributed by atoms with Crippen LogP contribution in [0.2, 0.25) is 0 Å². The predicted octanol–water partition coefficient (Wildman–Crippen LogP) is 2.05. The van der Waals surface area contributed by atoms with E-state index in [2.05, 4.69) is 12.2 Å². The molecule has 0 aliphatic carbocycles. The molecule has 0 aromatic heterocycles. The summed E-state index contributed by atoms with van der Waals surface area (Å²) < 4.78 is 0. The smallest absolute Gasteiger partial charge is 0.251 e. The Labute approximate surface area is 107 Å². The maximum atomic E-state index is 11.3. The average molecular weight is 253 g/mol. The quantitative estimate of drug-likeness (QED) is 0.816. The number of carbonyl (C=O) groups is 1. The van der Waals surface area contributed by atoms with Crippen LogP contribution in [0.25, 0.3) is 0 Å². The largest absolute Gasteiger partial charge is 0.396 e. The van der Waals surface area contributed by atoms with E-state index in [4.69, 9.17) is 5.11 Å². The van der Waals surface area contributed by atoms with Gasteiger partial charge in [0, 0.05) is 30.2 Å². The lowest BCUT2D eigenvalue weighted by Crippen LogP contribution is -2.17. The van der Waals surface area contributed by atoms with Crippen LogP contribution in [0.1, 0.15) is 29.3 Å². The highest BCUT2D eigenvalue weighted by atomic mass is 32.2. The molecule has 4 heteroatoms. The van der Waals surface area contributed by atoms with Crippen molar-refractivity contribution < 1.29 is 9.90 Å². The third-order valence-electron chi connectivity index (χ3n) is 2.51. The Balaban J connectivity index is 2.48. The van der Waals surface area contributed by atoms with Crippen molar-refractivity contribution in [1.29, 1.82) is 0 Å². The van der Waals surface area contributed by atoms with Crippen LogP contribution in [-0.4, -0.2) is 29.9 Å². The number of rotatable bonds is 6. The molecule has 0 spiro atoms. The highest BCUT2D eigenvalue weighted by Gasteiger charge is 2.04. The minimum atomic E-state index is -0.0575. The standard InChI is InChI=1S/C13H19NO2S/c1-10(7-8-15)17-9-11-3-5-12(6-4-11)13(16)14-2/h3-6,10,15H,7-9H2,1-2H3,(H,14,16). The molecule has 1 atom stereocenters. The number of aliphatic hydroxyl groups excluding tert-OH is 1. The molecule has 17 heavy (non-hydrogen) atoms. The Morgan fingerprint density at radius 1 is 1.41 bits per heavy atom. The van der Waals surface area contributed by atoms with Gasteiger partial charge in [-0.3, -0.25) is 4.79 Å². The number of amides is 1. The van der Waals surface area contributed by atoms with Crippen molar-refractivity contribution >= 4 is 17.7 Å². The van der Waals surface area contributed by atoms with Gasteiger partial charge >= 0.3 is 0 Å². The fraction of sp³-hybridized carbons (Fsp3) is 0.462. The van der Waals surface area contributed by atoms with Crippen molar-refractivity contribution in [2.75, 3.05) is 13.7 Å². The van der Waals surface area contributed by atoms with Crippen molar-refractivity contribution in [2.24, 2.45) is 0 Å². The summed E-state index contributed by atoms with van der Waals surface area (Å²) in [5.41, 5.74) is 1.89. The summed E-state index contributed by atoms with van der Waals surface area (Å²) in [5.74, 6) is 0.854. The van der Waals surface area contributed by atoms with E-state index in [0.29, 0.717) is 10.8 Å². The van der Waals surface area contributed by atoms with E-state index in [1.54, 1.807) is 7.05 Å². The Hall–Kier alpha value is -1.00. The molecule has 0 heterocycles. The molecule has 1 amide bonds. The number of benzene rings is 1. The fourth-order valence-electron chi connectivity index (χ4n) is 1.40. The molecule has 0 radical (unpaired) electrons. The van der Waals surface area contributed by atoms with Crippen LogP contribution in [0.15, 0.2) is 24.3 Å². The van der Waals surface area contributed by atoms with Gasteiger partial charge in [-0.15, -0.1) is 0 Å². The first-order valence-corrected chi connectivity index (χ1v) is 6.75. The van der Waals surface area contributed by atoms with Gasteiger partial charge in [0.1, 0.15) is 0 Å². The second-order valence-corrected chi connectivity index (χ2v) is 5.34. The molecule has 0 fully saturated rings. The van der Waals surface area contributed by atoms with E-state index in [1.807, 2.05) is 36.0 Å². The number of carbonyl (C=O) groups excluding carboxylic acids is 1. The zero-order chi connectivity index (χ0) is 12.7. The molecule has 0 saturated heterocycles. The molecule has 1 rings (SSSR count). The van der Waals surface area contributed by atoms with Crippen molar-refractivity contribution in [3.63, 3.8) is 0 Å².